The third kappa shape index (κ3) is 9.90. The average molecular weight is 492 g/mol. The molecule has 0 radical (unpaired) electrons. The van der Waals surface area contributed by atoms with E-state index >= 15 is 0 Å². The molecule has 0 aliphatic carbocycles. The minimum Gasteiger partial charge on any atom is -0.491 e. The molecule has 0 aromatic heterocycles. The van der Waals surface area contributed by atoms with Gasteiger partial charge in [0.2, 0.25) is 0 Å². The summed E-state index contributed by atoms with van der Waals surface area (Å²) in [5, 5.41) is 2.34. The van der Waals surface area contributed by atoms with Gasteiger partial charge in [-0.1, -0.05) is 30.3 Å². The summed E-state index contributed by atoms with van der Waals surface area (Å²) in [4.78, 5) is 37.1. The Morgan fingerprint density at radius 3 is 2.18 bits per heavy atom. The van der Waals surface area contributed by atoms with Gasteiger partial charge in [-0.05, 0) is 50.1 Å². The number of hydrogen-bond donors (Lipinski definition) is 3. The van der Waals surface area contributed by atoms with Crippen LogP contribution in [0.1, 0.15) is 36.2 Å². The molecular weight excluding hydrogens is 462 g/mol. The fourth-order valence-corrected chi connectivity index (χ4v) is 3.41. The molecule has 0 spiro atoms. The minimum atomic E-state index is -3.40. The first-order chi connectivity index (χ1) is 16.0. The highest BCUT2D eigenvalue weighted by Crippen LogP contribution is 2.13. The molecule has 1 unspecified atom stereocenters. The Hall–Kier alpha value is -3.60. The summed E-state index contributed by atoms with van der Waals surface area (Å²) in [6.45, 7) is 3.73. The molecule has 0 saturated heterocycles. The van der Waals surface area contributed by atoms with Gasteiger partial charge in [-0.15, -0.1) is 0 Å². The summed E-state index contributed by atoms with van der Waals surface area (Å²) in [5.41, 5.74) is 5.46. The van der Waals surface area contributed by atoms with Crippen molar-refractivity contribution >= 4 is 27.7 Å². The number of nitrogens with one attached hydrogen (secondary N) is 3. The second kappa shape index (κ2) is 12.6. The highest BCUT2D eigenvalue weighted by Gasteiger charge is 2.24. The Balaban J connectivity index is 1.94. The molecule has 0 bridgehead atoms. The first kappa shape index (κ1) is 26.7. The molecule has 1 atom stereocenters. The lowest BCUT2D eigenvalue weighted by Gasteiger charge is -2.18. The smallest absolute Gasteiger partial charge is 0.408 e. The standard InChI is InChI=1S/C23H29N3O7S/c1-16(2)33-19-11-9-18(10-12-19)21(27)25-26-22(28)20(13-14-34(3,30)31)24-23(29)32-15-17-7-5-4-6-8-17/h4-12,16,20H,13-15H2,1-3H3,(H,24,29)(H,25,27)(H,26,28). The van der Waals surface area contributed by atoms with Crippen LogP contribution in [-0.2, 0) is 26.0 Å². The van der Waals surface area contributed by atoms with Crippen LogP contribution < -0.4 is 20.9 Å². The van der Waals surface area contributed by atoms with E-state index in [1.807, 2.05) is 19.9 Å². The van der Waals surface area contributed by atoms with Gasteiger partial charge in [0.1, 0.15) is 28.2 Å². The van der Waals surface area contributed by atoms with Gasteiger partial charge < -0.3 is 14.8 Å². The zero-order valence-electron chi connectivity index (χ0n) is 19.2. The van der Waals surface area contributed by atoms with Crippen molar-refractivity contribution in [1.82, 2.24) is 16.2 Å². The van der Waals surface area contributed by atoms with Gasteiger partial charge >= 0.3 is 6.09 Å². The summed E-state index contributed by atoms with van der Waals surface area (Å²) >= 11 is 0. The summed E-state index contributed by atoms with van der Waals surface area (Å²) in [6.07, 6.45) is -0.105. The number of alkyl carbamates (subject to hydrolysis) is 1. The van der Waals surface area contributed by atoms with Gasteiger partial charge in [0.15, 0.2) is 0 Å². The predicted molar refractivity (Wildman–Crippen MR) is 126 cm³/mol. The van der Waals surface area contributed by atoms with Gasteiger partial charge in [0, 0.05) is 11.8 Å². The van der Waals surface area contributed by atoms with Crippen LogP contribution in [0.25, 0.3) is 0 Å². The van der Waals surface area contributed by atoms with Crippen LogP contribution in [0.15, 0.2) is 54.6 Å². The molecule has 11 heteroatoms. The number of ether oxygens (including phenoxy) is 2. The van der Waals surface area contributed by atoms with Crippen molar-refractivity contribution in [3.05, 3.63) is 65.7 Å². The number of hydrazine groups is 1. The van der Waals surface area contributed by atoms with E-state index in [2.05, 4.69) is 16.2 Å². The van der Waals surface area contributed by atoms with Crippen LogP contribution in [-0.4, -0.2) is 50.5 Å². The Labute approximate surface area is 198 Å². The molecule has 184 valence electrons. The van der Waals surface area contributed by atoms with Crippen molar-refractivity contribution in [2.75, 3.05) is 12.0 Å². The zero-order valence-corrected chi connectivity index (χ0v) is 20.1. The van der Waals surface area contributed by atoms with E-state index in [1.54, 1.807) is 36.4 Å². The van der Waals surface area contributed by atoms with Crippen LogP contribution in [0, 0.1) is 0 Å². The van der Waals surface area contributed by atoms with E-state index in [9.17, 15) is 22.8 Å². The first-order valence-electron chi connectivity index (χ1n) is 10.6. The van der Waals surface area contributed by atoms with Crippen LogP contribution in [0.4, 0.5) is 4.79 Å². The second-order valence-corrected chi connectivity index (χ2v) is 10.1. The molecule has 0 fully saturated rings. The zero-order chi connectivity index (χ0) is 25.1. The van der Waals surface area contributed by atoms with E-state index in [0.29, 0.717) is 5.75 Å². The van der Waals surface area contributed by atoms with E-state index in [4.69, 9.17) is 9.47 Å². The molecule has 2 rings (SSSR count). The van der Waals surface area contributed by atoms with Crippen LogP contribution in [0.2, 0.25) is 0 Å². The highest BCUT2D eigenvalue weighted by atomic mass is 32.2. The SMILES string of the molecule is CC(C)Oc1ccc(C(=O)NNC(=O)C(CCS(C)(=O)=O)NC(=O)OCc2ccccc2)cc1. The molecule has 10 nitrogen and oxygen atoms in total. The Morgan fingerprint density at radius 1 is 0.941 bits per heavy atom. The number of sulfone groups is 1. The van der Waals surface area contributed by atoms with Crippen LogP contribution in [0.5, 0.6) is 5.75 Å². The monoisotopic (exact) mass is 491 g/mol. The average Bonchev–Trinajstić information content (AvgIpc) is 2.78. The maximum atomic E-state index is 12.6. The quantitative estimate of drug-likeness (QED) is 0.432. The van der Waals surface area contributed by atoms with Crippen molar-refractivity contribution in [3.8, 4) is 5.75 Å². The fourth-order valence-electron chi connectivity index (χ4n) is 2.74. The summed E-state index contributed by atoms with van der Waals surface area (Å²) in [6, 6.07) is 14.0. The molecule has 0 aliphatic rings. The van der Waals surface area contributed by atoms with Crippen molar-refractivity contribution in [2.24, 2.45) is 0 Å². The van der Waals surface area contributed by atoms with Gasteiger partial charge in [-0.3, -0.25) is 20.4 Å². The van der Waals surface area contributed by atoms with Crippen molar-refractivity contribution < 1.29 is 32.3 Å². The van der Waals surface area contributed by atoms with Gasteiger partial charge in [0.05, 0.1) is 11.9 Å². The molecule has 34 heavy (non-hydrogen) atoms. The number of hydrogen-bond acceptors (Lipinski definition) is 7. The molecule has 0 aliphatic heterocycles. The predicted octanol–water partition coefficient (Wildman–Crippen LogP) is 1.96. The topological polar surface area (TPSA) is 140 Å². The Morgan fingerprint density at radius 2 is 1.59 bits per heavy atom. The number of benzene rings is 2. The fraction of sp³-hybridized carbons (Fsp3) is 0.348. The molecule has 3 amide bonds. The minimum absolute atomic E-state index is 0.0188. The van der Waals surface area contributed by atoms with E-state index in [0.717, 1.165) is 11.8 Å². The first-order valence-corrected chi connectivity index (χ1v) is 12.6. The highest BCUT2D eigenvalue weighted by molar-refractivity contribution is 7.90. The van der Waals surface area contributed by atoms with Crippen LogP contribution >= 0.6 is 0 Å². The molecule has 0 saturated carbocycles. The number of carbonyl (C=O) groups is 3. The Kier molecular flexibility index (Phi) is 9.87. The van der Waals surface area contributed by atoms with E-state index in [-0.39, 0.29) is 30.4 Å². The molecular formula is C23H29N3O7S. The van der Waals surface area contributed by atoms with Crippen molar-refractivity contribution in [3.63, 3.8) is 0 Å². The van der Waals surface area contributed by atoms with Gasteiger partial charge in [-0.2, -0.15) is 0 Å². The van der Waals surface area contributed by atoms with Gasteiger partial charge in [-0.25, -0.2) is 13.2 Å². The lowest BCUT2D eigenvalue weighted by molar-refractivity contribution is -0.123. The number of amides is 3. The summed E-state index contributed by atoms with van der Waals surface area (Å²) < 4.78 is 33.7. The largest absolute Gasteiger partial charge is 0.491 e. The lowest BCUT2D eigenvalue weighted by atomic mass is 10.2. The number of carbonyl (C=O) groups excluding carboxylic acids is 3. The third-order valence-corrected chi connectivity index (χ3v) is 5.36. The molecule has 3 N–H and O–H groups in total. The number of rotatable bonds is 10. The van der Waals surface area contributed by atoms with E-state index in [1.165, 1.54) is 12.1 Å². The maximum absolute atomic E-state index is 12.6. The van der Waals surface area contributed by atoms with Crippen molar-refractivity contribution in [2.45, 2.75) is 39.0 Å². The molecule has 2 aromatic carbocycles. The lowest BCUT2D eigenvalue weighted by Crippen LogP contribution is -2.52. The normalized spacial score (nSPS) is 11.9. The molecule has 2 aromatic rings. The van der Waals surface area contributed by atoms with Crippen molar-refractivity contribution in [1.29, 1.82) is 0 Å². The van der Waals surface area contributed by atoms with E-state index < -0.39 is 33.8 Å². The molecule has 0 heterocycles. The van der Waals surface area contributed by atoms with Crippen LogP contribution in [0.3, 0.4) is 0 Å². The second-order valence-electron chi connectivity index (χ2n) is 7.81. The summed E-state index contributed by atoms with van der Waals surface area (Å²) in [7, 11) is -3.40. The summed E-state index contributed by atoms with van der Waals surface area (Å²) in [5.74, 6) is -1.16. The maximum Gasteiger partial charge on any atom is 0.408 e. The van der Waals surface area contributed by atoms with Gasteiger partial charge in [0.25, 0.3) is 11.8 Å². The third-order valence-electron chi connectivity index (χ3n) is 4.39. The Bertz CT molecular complexity index is 1070.